The Hall–Kier alpha value is -0.760. The molecular formula is C12H25N2O6P. The zero-order valence-electron chi connectivity index (χ0n) is 13.0. The highest BCUT2D eigenvalue weighted by Gasteiger charge is 2.16. The fraction of sp³-hybridized carbons (Fsp3) is 0.750. The van der Waals surface area contributed by atoms with Gasteiger partial charge in [0.15, 0.2) is 0 Å². The highest BCUT2D eigenvalue weighted by atomic mass is 31.2. The van der Waals surface area contributed by atoms with Crippen LogP contribution in [0.1, 0.15) is 6.92 Å². The van der Waals surface area contributed by atoms with Gasteiger partial charge in [0.25, 0.3) is 7.82 Å². The molecule has 8 nitrogen and oxygen atoms in total. The van der Waals surface area contributed by atoms with E-state index in [-0.39, 0.29) is 13.2 Å². The van der Waals surface area contributed by atoms with Crippen molar-refractivity contribution in [3.8, 4) is 0 Å². The van der Waals surface area contributed by atoms with Gasteiger partial charge in [0, 0.05) is 12.1 Å². The molecule has 0 aromatic carbocycles. The second-order valence-electron chi connectivity index (χ2n) is 5.73. The molecule has 0 fully saturated rings. The number of rotatable bonds is 10. The SMILES string of the molecule is C=C(C)C(=O)NCC(O)COP(=O)([O-])OCC[N+](C)(C)C. The molecule has 9 heteroatoms. The summed E-state index contributed by atoms with van der Waals surface area (Å²) >= 11 is 0. The van der Waals surface area contributed by atoms with Gasteiger partial charge in [-0.05, 0) is 6.92 Å². The largest absolute Gasteiger partial charge is 0.756 e. The molecule has 0 aromatic rings. The van der Waals surface area contributed by atoms with Crippen LogP contribution in [0.2, 0.25) is 0 Å². The zero-order valence-corrected chi connectivity index (χ0v) is 13.9. The van der Waals surface area contributed by atoms with E-state index in [2.05, 4.69) is 20.9 Å². The first-order valence-corrected chi connectivity index (χ1v) is 7.91. The second-order valence-corrected chi connectivity index (χ2v) is 7.15. The molecule has 0 aliphatic heterocycles. The summed E-state index contributed by atoms with van der Waals surface area (Å²) in [4.78, 5) is 22.6. The lowest BCUT2D eigenvalue weighted by molar-refractivity contribution is -0.870. The molecule has 0 aliphatic carbocycles. The lowest BCUT2D eigenvalue weighted by atomic mass is 10.3. The second kappa shape index (κ2) is 8.63. The summed E-state index contributed by atoms with van der Waals surface area (Å²) in [6.45, 7) is 4.82. The number of nitrogens with one attached hydrogen (secondary N) is 1. The van der Waals surface area contributed by atoms with Gasteiger partial charge in [-0.25, -0.2) is 0 Å². The van der Waals surface area contributed by atoms with Crippen LogP contribution in [0.4, 0.5) is 0 Å². The molecule has 2 unspecified atom stereocenters. The summed E-state index contributed by atoms with van der Waals surface area (Å²) in [5.74, 6) is -0.418. The summed E-state index contributed by atoms with van der Waals surface area (Å²) in [7, 11) is 1.24. The first kappa shape index (κ1) is 20.2. The third-order valence-electron chi connectivity index (χ3n) is 2.32. The number of hydrogen-bond donors (Lipinski definition) is 2. The maximum Gasteiger partial charge on any atom is 0.268 e. The Morgan fingerprint density at radius 1 is 1.43 bits per heavy atom. The number of nitrogens with zero attached hydrogens (tertiary/aromatic N) is 1. The Labute approximate surface area is 125 Å². The Kier molecular flexibility index (Phi) is 8.31. The highest BCUT2D eigenvalue weighted by Crippen LogP contribution is 2.38. The smallest absolute Gasteiger partial charge is 0.268 e. The van der Waals surface area contributed by atoms with E-state index in [0.29, 0.717) is 16.6 Å². The van der Waals surface area contributed by atoms with Crippen molar-refractivity contribution >= 4 is 13.7 Å². The van der Waals surface area contributed by atoms with E-state index >= 15 is 0 Å². The lowest BCUT2D eigenvalue weighted by Gasteiger charge is -2.27. The van der Waals surface area contributed by atoms with Crippen LogP contribution in [0.3, 0.4) is 0 Å². The number of amides is 1. The monoisotopic (exact) mass is 324 g/mol. The van der Waals surface area contributed by atoms with Crippen LogP contribution in [-0.4, -0.2) is 69.0 Å². The average Bonchev–Trinajstić information content (AvgIpc) is 2.31. The van der Waals surface area contributed by atoms with Crippen LogP contribution in [0.25, 0.3) is 0 Å². The van der Waals surface area contributed by atoms with Crippen LogP contribution in [0.5, 0.6) is 0 Å². The van der Waals surface area contributed by atoms with Crippen molar-refractivity contribution in [2.45, 2.75) is 13.0 Å². The Morgan fingerprint density at radius 2 is 2.00 bits per heavy atom. The van der Waals surface area contributed by atoms with E-state index < -0.39 is 26.4 Å². The maximum absolute atomic E-state index is 11.4. The van der Waals surface area contributed by atoms with Crippen molar-refractivity contribution < 1.29 is 32.9 Å². The summed E-state index contributed by atoms with van der Waals surface area (Å²) in [6.07, 6.45) is -1.16. The number of hydrogen-bond acceptors (Lipinski definition) is 6. The van der Waals surface area contributed by atoms with Gasteiger partial charge in [-0.15, -0.1) is 0 Å². The zero-order chi connectivity index (χ0) is 16.7. The molecule has 21 heavy (non-hydrogen) atoms. The van der Waals surface area contributed by atoms with Crippen molar-refractivity contribution in [1.82, 2.24) is 5.32 Å². The molecule has 0 heterocycles. The van der Waals surface area contributed by atoms with Crippen molar-refractivity contribution in [1.29, 1.82) is 0 Å². The molecule has 0 spiro atoms. The van der Waals surface area contributed by atoms with Crippen LogP contribution < -0.4 is 10.2 Å². The summed E-state index contributed by atoms with van der Waals surface area (Å²) in [5, 5.41) is 11.9. The highest BCUT2D eigenvalue weighted by molar-refractivity contribution is 7.45. The summed E-state index contributed by atoms with van der Waals surface area (Å²) in [5.41, 5.74) is 0.293. The van der Waals surface area contributed by atoms with Gasteiger partial charge in [0.2, 0.25) is 5.91 Å². The van der Waals surface area contributed by atoms with E-state index in [9.17, 15) is 19.4 Å². The van der Waals surface area contributed by atoms with Crippen molar-refractivity contribution in [2.75, 3.05) is 47.4 Å². The summed E-state index contributed by atoms with van der Waals surface area (Å²) in [6, 6.07) is 0. The molecule has 124 valence electrons. The molecule has 0 rings (SSSR count). The lowest BCUT2D eigenvalue weighted by Crippen LogP contribution is -2.38. The number of carbonyl (C=O) groups excluding carboxylic acids is 1. The van der Waals surface area contributed by atoms with E-state index in [1.165, 1.54) is 6.92 Å². The predicted molar refractivity (Wildman–Crippen MR) is 76.2 cm³/mol. The standard InChI is InChI=1S/C12H25N2O6P/c1-10(2)12(16)13-8-11(15)9-20-21(17,18)19-7-6-14(3,4)5/h11,15H,1,6-9H2,2-5H3,(H-,13,16,17,18). The predicted octanol–water partition coefficient (Wildman–Crippen LogP) is -0.753. The van der Waals surface area contributed by atoms with Gasteiger partial charge in [-0.2, -0.15) is 0 Å². The molecular weight excluding hydrogens is 299 g/mol. The van der Waals surface area contributed by atoms with Crippen molar-refractivity contribution in [3.63, 3.8) is 0 Å². The number of aliphatic hydroxyl groups is 1. The molecule has 0 aromatic heterocycles. The number of likely N-dealkylation sites (N-methyl/N-ethyl adjacent to an activating group) is 1. The number of aliphatic hydroxyl groups excluding tert-OH is 1. The first-order valence-electron chi connectivity index (χ1n) is 6.45. The van der Waals surface area contributed by atoms with E-state index in [1.807, 2.05) is 21.1 Å². The summed E-state index contributed by atoms with van der Waals surface area (Å²) < 4.78 is 21.2. The Morgan fingerprint density at radius 3 is 2.48 bits per heavy atom. The number of carbonyl (C=O) groups is 1. The van der Waals surface area contributed by atoms with Crippen LogP contribution in [0.15, 0.2) is 12.2 Å². The molecule has 0 aliphatic rings. The maximum atomic E-state index is 11.4. The van der Waals surface area contributed by atoms with E-state index in [1.54, 1.807) is 0 Å². The van der Waals surface area contributed by atoms with Crippen LogP contribution >= 0.6 is 7.82 Å². The average molecular weight is 324 g/mol. The minimum atomic E-state index is -4.45. The van der Waals surface area contributed by atoms with Gasteiger partial charge in [-0.1, -0.05) is 6.58 Å². The molecule has 2 N–H and O–H groups in total. The van der Waals surface area contributed by atoms with Crippen LogP contribution in [0, 0.1) is 0 Å². The Balaban J connectivity index is 3.99. The molecule has 1 amide bonds. The third kappa shape index (κ3) is 11.6. The van der Waals surface area contributed by atoms with Gasteiger partial charge in [-0.3, -0.25) is 9.36 Å². The van der Waals surface area contributed by atoms with Gasteiger partial charge in [0.05, 0.1) is 33.9 Å². The number of phosphoric acid groups is 1. The quantitative estimate of drug-likeness (QED) is 0.311. The minimum Gasteiger partial charge on any atom is -0.756 e. The van der Waals surface area contributed by atoms with Gasteiger partial charge >= 0.3 is 0 Å². The molecule has 0 saturated heterocycles. The molecule has 0 bridgehead atoms. The Bertz CT molecular complexity index is 407. The molecule has 0 saturated carbocycles. The van der Waals surface area contributed by atoms with Crippen molar-refractivity contribution in [3.05, 3.63) is 12.2 Å². The number of quaternary nitrogens is 1. The number of phosphoric ester groups is 1. The fourth-order valence-corrected chi connectivity index (χ4v) is 1.80. The molecule has 0 radical (unpaired) electrons. The minimum absolute atomic E-state index is 0.00717. The van der Waals surface area contributed by atoms with E-state index in [0.717, 1.165) is 0 Å². The van der Waals surface area contributed by atoms with Crippen LogP contribution in [-0.2, 0) is 18.4 Å². The normalized spacial score (nSPS) is 16.1. The van der Waals surface area contributed by atoms with Gasteiger partial charge in [0.1, 0.15) is 13.2 Å². The van der Waals surface area contributed by atoms with E-state index in [4.69, 9.17) is 0 Å². The first-order chi connectivity index (χ1) is 9.43. The molecule has 2 atom stereocenters. The van der Waals surface area contributed by atoms with Crippen molar-refractivity contribution in [2.24, 2.45) is 0 Å². The topological polar surface area (TPSA) is 108 Å². The fourth-order valence-electron chi connectivity index (χ4n) is 1.06. The van der Waals surface area contributed by atoms with Gasteiger partial charge < -0.3 is 28.8 Å². The third-order valence-corrected chi connectivity index (χ3v) is 3.29.